The first-order valence-corrected chi connectivity index (χ1v) is 8.84. The molecular weight excluding hydrogens is 280 g/mol. The van der Waals surface area contributed by atoms with Crippen LogP contribution in [-0.2, 0) is 15.0 Å². The summed E-state index contributed by atoms with van der Waals surface area (Å²) in [6.45, 7) is 4.92. The van der Waals surface area contributed by atoms with Crippen molar-refractivity contribution in [2.45, 2.75) is 58.0 Å². The van der Waals surface area contributed by atoms with Crippen LogP contribution in [0.2, 0.25) is 0 Å². The standard InChI is InChI=1S/C13H24N2O4S/c1-3-7-14(8-4-2)20(18,19)15-10-5-6-12(15)11(9-10)13(16)17/h10-12H,3-9H2,1-2H3,(H,16,17). The van der Waals surface area contributed by atoms with Gasteiger partial charge in [-0.2, -0.15) is 17.0 Å². The molecule has 2 aliphatic rings. The van der Waals surface area contributed by atoms with Gasteiger partial charge >= 0.3 is 5.97 Å². The SMILES string of the molecule is CCCN(CCC)S(=O)(=O)N1C2CCC1C(C(=O)O)C2. The molecule has 6 nitrogen and oxygen atoms in total. The monoisotopic (exact) mass is 304 g/mol. The van der Waals surface area contributed by atoms with Gasteiger partial charge in [-0.1, -0.05) is 13.8 Å². The third-order valence-corrected chi connectivity index (χ3v) is 6.45. The molecule has 3 unspecified atom stereocenters. The van der Waals surface area contributed by atoms with E-state index in [0.717, 1.165) is 19.3 Å². The van der Waals surface area contributed by atoms with Crippen molar-refractivity contribution >= 4 is 16.2 Å². The van der Waals surface area contributed by atoms with E-state index >= 15 is 0 Å². The Kier molecular flexibility index (Phi) is 4.71. The van der Waals surface area contributed by atoms with E-state index in [1.54, 1.807) is 0 Å². The van der Waals surface area contributed by atoms with Crippen molar-refractivity contribution in [3.63, 3.8) is 0 Å². The first-order valence-electron chi connectivity index (χ1n) is 7.44. The van der Waals surface area contributed by atoms with E-state index in [1.165, 1.54) is 8.61 Å². The molecule has 0 aromatic heterocycles. The average Bonchev–Trinajstić information content (AvgIpc) is 2.96. The molecule has 7 heteroatoms. The van der Waals surface area contributed by atoms with E-state index in [-0.39, 0.29) is 12.1 Å². The Morgan fingerprint density at radius 2 is 1.85 bits per heavy atom. The predicted molar refractivity (Wildman–Crippen MR) is 75.5 cm³/mol. The highest BCUT2D eigenvalue weighted by Gasteiger charge is 2.55. The second kappa shape index (κ2) is 5.99. The Morgan fingerprint density at radius 1 is 1.25 bits per heavy atom. The van der Waals surface area contributed by atoms with Crippen LogP contribution in [0.3, 0.4) is 0 Å². The fourth-order valence-electron chi connectivity index (χ4n) is 3.54. The smallest absolute Gasteiger partial charge is 0.308 e. The van der Waals surface area contributed by atoms with Crippen LogP contribution in [0.25, 0.3) is 0 Å². The maximum Gasteiger partial charge on any atom is 0.308 e. The molecular formula is C13H24N2O4S. The Balaban J connectivity index is 2.23. The maximum absolute atomic E-state index is 12.8. The zero-order valence-electron chi connectivity index (χ0n) is 12.2. The molecule has 1 N–H and O–H groups in total. The molecule has 2 saturated heterocycles. The van der Waals surface area contributed by atoms with Gasteiger partial charge in [0.15, 0.2) is 0 Å². The molecule has 2 rings (SSSR count). The normalized spacial score (nSPS) is 30.2. The summed E-state index contributed by atoms with van der Waals surface area (Å²) < 4.78 is 28.6. The Labute approximate surface area is 120 Å². The van der Waals surface area contributed by atoms with Gasteiger partial charge in [-0.3, -0.25) is 4.79 Å². The number of hydrogen-bond acceptors (Lipinski definition) is 3. The van der Waals surface area contributed by atoms with Gasteiger partial charge in [-0.05, 0) is 32.1 Å². The molecule has 0 spiro atoms. The third-order valence-electron chi connectivity index (χ3n) is 4.33. The van der Waals surface area contributed by atoms with Gasteiger partial charge < -0.3 is 5.11 Å². The molecule has 2 heterocycles. The van der Waals surface area contributed by atoms with Crippen molar-refractivity contribution < 1.29 is 18.3 Å². The van der Waals surface area contributed by atoms with E-state index < -0.39 is 22.1 Å². The molecule has 0 amide bonds. The van der Waals surface area contributed by atoms with Gasteiger partial charge in [0.25, 0.3) is 10.2 Å². The highest BCUT2D eigenvalue weighted by atomic mass is 32.2. The van der Waals surface area contributed by atoms with Crippen molar-refractivity contribution in [2.24, 2.45) is 5.92 Å². The number of carboxylic acids is 1. The van der Waals surface area contributed by atoms with Crippen LogP contribution in [0.1, 0.15) is 46.0 Å². The van der Waals surface area contributed by atoms with Crippen molar-refractivity contribution in [2.75, 3.05) is 13.1 Å². The quantitative estimate of drug-likeness (QED) is 0.769. The van der Waals surface area contributed by atoms with Crippen LogP contribution >= 0.6 is 0 Å². The fraction of sp³-hybridized carbons (Fsp3) is 0.923. The second-order valence-corrected chi connectivity index (χ2v) is 7.55. The summed E-state index contributed by atoms with van der Waals surface area (Å²) in [5.74, 6) is -1.40. The summed E-state index contributed by atoms with van der Waals surface area (Å²) in [5.41, 5.74) is 0. The topological polar surface area (TPSA) is 77.9 Å². The van der Waals surface area contributed by atoms with Crippen LogP contribution in [0.4, 0.5) is 0 Å². The van der Waals surface area contributed by atoms with Crippen LogP contribution in [0.5, 0.6) is 0 Å². The van der Waals surface area contributed by atoms with Crippen molar-refractivity contribution in [3.8, 4) is 0 Å². The van der Waals surface area contributed by atoms with E-state index in [4.69, 9.17) is 0 Å². The second-order valence-electron chi connectivity index (χ2n) is 5.72. The van der Waals surface area contributed by atoms with Crippen LogP contribution < -0.4 is 0 Å². The first-order chi connectivity index (χ1) is 9.43. The van der Waals surface area contributed by atoms with Gasteiger partial charge in [0.05, 0.1) is 5.92 Å². The summed E-state index contributed by atoms with van der Waals surface area (Å²) in [7, 11) is -3.52. The predicted octanol–water partition coefficient (Wildman–Crippen LogP) is 1.29. The molecule has 0 aromatic rings. The minimum absolute atomic E-state index is 0.123. The zero-order valence-corrected chi connectivity index (χ0v) is 13.0. The van der Waals surface area contributed by atoms with E-state index in [1.807, 2.05) is 13.8 Å². The van der Waals surface area contributed by atoms with Gasteiger partial charge in [-0.15, -0.1) is 0 Å². The molecule has 2 bridgehead atoms. The summed E-state index contributed by atoms with van der Waals surface area (Å²) in [6.07, 6.45) is 3.47. The van der Waals surface area contributed by atoms with Crippen molar-refractivity contribution in [1.29, 1.82) is 0 Å². The molecule has 3 atom stereocenters. The van der Waals surface area contributed by atoms with E-state index in [0.29, 0.717) is 25.9 Å². The molecule has 0 radical (unpaired) electrons. The maximum atomic E-state index is 12.8. The first kappa shape index (κ1) is 15.7. The summed E-state index contributed by atoms with van der Waals surface area (Å²) in [5, 5.41) is 9.23. The highest BCUT2D eigenvalue weighted by Crippen LogP contribution is 2.44. The largest absolute Gasteiger partial charge is 0.481 e. The molecule has 0 aliphatic carbocycles. The summed E-state index contributed by atoms with van der Waals surface area (Å²) in [4.78, 5) is 11.3. The molecule has 116 valence electrons. The number of carboxylic acid groups (broad SMARTS) is 1. The van der Waals surface area contributed by atoms with Crippen molar-refractivity contribution in [1.82, 2.24) is 8.61 Å². The summed E-state index contributed by atoms with van der Waals surface area (Å²) >= 11 is 0. The lowest BCUT2D eigenvalue weighted by molar-refractivity contribution is -0.142. The van der Waals surface area contributed by atoms with Crippen LogP contribution in [-0.4, -0.2) is 53.3 Å². The zero-order chi connectivity index (χ0) is 14.9. The Hall–Kier alpha value is -0.660. The lowest BCUT2D eigenvalue weighted by Gasteiger charge is -2.30. The number of nitrogens with zero attached hydrogens (tertiary/aromatic N) is 2. The van der Waals surface area contributed by atoms with Crippen molar-refractivity contribution in [3.05, 3.63) is 0 Å². The van der Waals surface area contributed by atoms with Gasteiger partial charge in [0, 0.05) is 25.2 Å². The Morgan fingerprint density at radius 3 is 2.30 bits per heavy atom. The van der Waals surface area contributed by atoms with E-state index in [9.17, 15) is 18.3 Å². The average molecular weight is 304 g/mol. The lowest BCUT2D eigenvalue weighted by atomic mass is 9.89. The molecule has 2 aliphatic heterocycles. The van der Waals surface area contributed by atoms with Crippen LogP contribution in [0, 0.1) is 5.92 Å². The minimum atomic E-state index is -3.52. The Bertz CT molecular complexity index is 459. The number of carbonyl (C=O) groups is 1. The number of rotatable bonds is 7. The molecule has 0 aromatic carbocycles. The number of fused-ring (bicyclic) bond motifs is 2. The van der Waals surface area contributed by atoms with Gasteiger partial charge in [0.1, 0.15) is 0 Å². The molecule has 2 fully saturated rings. The van der Waals surface area contributed by atoms with Gasteiger partial charge in [-0.25, -0.2) is 0 Å². The number of aliphatic carboxylic acids is 1. The minimum Gasteiger partial charge on any atom is -0.481 e. The van der Waals surface area contributed by atoms with Crippen LogP contribution in [0.15, 0.2) is 0 Å². The molecule has 20 heavy (non-hydrogen) atoms. The summed E-state index contributed by atoms with van der Waals surface area (Å²) in [6, 6.07) is -0.471. The number of hydrogen-bond donors (Lipinski definition) is 1. The highest BCUT2D eigenvalue weighted by molar-refractivity contribution is 7.86. The van der Waals surface area contributed by atoms with Gasteiger partial charge in [0.2, 0.25) is 0 Å². The third kappa shape index (κ3) is 2.58. The lowest BCUT2D eigenvalue weighted by Crippen LogP contribution is -2.47. The van der Waals surface area contributed by atoms with E-state index in [2.05, 4.69) is 0 Å². The molecule has 0 saturated carbocycles. The fourth-order valence-corrected chi connectivity index (χ4v) is 5.79.